The van der Waals surface area contributed by atoms with Crippen LogP contribution >= 0.6 is 0 Å². The predicted molar refractivity (Wildman–Crippen MR) is 104 cm³/mol. The predicted octanol–water partition coefficient (Wildman–Crippen LogP) is 2.52. The SMILES string of the molecule is CCN=C(NC1CCN(C2CC2)CC1)NC1C2CCOC2C12CCCC2. The molecule has 5 heteroatoms. The van der Waals surface area contributed by atoms with Crippen LogP contribution < -0.4 is 10.6 Å². The van der Waals surface area contributed by atoms with E-state index in [1.165, 1.54) is 70.9 Å². The molecular weight excluding hydrogens is 324 g/mol. The zero-order valence-electron chi connectivity index (χ0n) is 16.4. The first-order chi connectivity index (χ1) is 12.8. The van der Waals surface area contributed by atoms with Crippen molar-refractivity contribution in [2.24, 2.45) is 16.3 Å². The second-order valence-electron chi connectivity index (χ2n) is 9.31. The molecule has 5 rings (SSSR count). The summed E-state index contributed by atoms with van der Waals surface area (Å²) >= 11 is 0. The lowest BCUT2D eigenvalue weighted by atomic mass is 9.54. The Hall–Kier alpha value is -0.810. The van der Waals surface area contributed by atoms with E-state index in [-0.39, 0.29) is 0 Å². The Morgan fingerprint density at radius 2 is 1.85 bits per heavy atom. The summed E-state index contributed by atoms with van der Waals surface area (Å²) in [5, 5.41) is 7.69. The maximum Gasteiger partial charge on any atom is 0.191 e. The van der Waals surface area contributed by atoms with Crippen molar-refractivity contribution >= 4 is 5.96 Å². The van der Waals surface area contributed by atoms with Gasteiger partial charge in [0.1, 0.15) is 0 Å². The molecule has 2 aliphatic heterocycles. The minimum Gasteiger partial charge on any atom is -0.377 e. The highest BCUT2D eigenvalue weighted by molar-refractivity contribution is 5.80. The molecule has 1 spiro atoms. The van der Waals surface area contributed by atoms with Crippen LogP contribution in [-0.4, -0.2) is 61.3 Å². The van der Waals surface area contributed by atoms with E-state index in [0.29, 0.717) is 29.5 Å². The van der Waals surface area contributed by atoms with Gasteiger partial charge in [-0.25, -0.2) is 0 Å². The highest BCUT2D eigenvalue weighted by atomic mass is 16.5. The molecule has 0 aromatic rings. The number of guanidine groups is 1. The summed E-state index contributed by atoms with van der Waals surface area (Å²) in [4.78, 5) is 7.51. The van der Waals surface area contributed by atoms with Gasteiger partial charge in [-0.3, -0.25) is 4.99 Å². The normalized spacial score (nSPS) is 37.6. The van der Waals surface area contributed by atoms with Crippen molar-refractivity contribution in [3.8, 4) is 0 Å². The standard InChI is InChI=1S/C21H36N4O/c1-2-22-20(23-15-7-12-25(13-8-15)16-5-6-16)24-18-17-9-14-26-19(17)21(18)10-3-4-11-21/h15-19H,2-14H2,1H3,(H2,22,23,24). The third kappa shape index (κ3) is 2.95. The Kier molecular flexibility index (Phi) is 4.64. The van der Waals surface area contributed by atoms with Crippen molar-refractivity contribution in [3.05, 3.63) is 0 Å². The summed E-state index contributed by atoms with van der Waals surface area (Å²) in [5.41, 5.74) is 0.396. The number of rotatable bonds is 4. The number of nitrogens with one attached hydrogen (secondary N) is 2. The quantitative estimate of drug-likeness (QED) is 0.597. The molecule has 26 heavy (non-hydrogen) atoms. The third-order valence-electron chi connectivity index (χ3n) is 7.83. The highest BCUT2D eigenvalue weighted by Crippen LogP contribution is 2.60. The van der Waals surface area contributed by atoms with E-state index >= 15 is 0 Å². The summed E-state index contributed by atoms with van der Waals surface area (Å²) in [6, 6.07) is 2.06. The van der Waals surface area contributed by atoms with E-state index in [2.05, 4.69) is 22.5 Å². The first kappa shape index (κ1) is 17.3. The van der Waals surface area contributed by atoms with Crippen molar-refractivity contribution in [3.63, 3.8) is 0 Å². The molecule has 0 radical (unpaired) electrons. The molecule has 2 heterocycles. The van der Waals surface area contributed by atoms with Gasteiger partial charge in [0.2, 0.25) is 0 Å². The lowest BCUT2D eigenvalue weighted by Crippen LogP contribution is -2.69. The Morgan fingerprint density at radius 3 is 2.54 bits per heavy atom. The summed E-state index contributed by atoms with van der Waals surface area (Å²) in [6.07, 6.45) is 12.5. The number of fused-ring (bicyclic) bond motifs is 2. The van der Waals surface area contributed by atoms with Gasteiger partial charge < -0.3 is 20.3 Å². The average molecular weight is 361 g/mol. The topological polar surface area (TPSA) is 48.9 Å². The van der Waals surface area contributed by atoms with Crippen LogP contribution in [0.25, 0.3) is 0 Å². The van der Waals surface area contributed by atoms with Crippen LogP contribution in [0.3, 0.4) is 0 Å². The summed E-state index contributed by atoms with van der Waals surface area (Å²) in [7, 11) is 0. The number of hydrogen-bond donors (Lipinski definition) is 2. The molecule has 5 aliphatic rings. The molecule has 0 aromatic carbocycles. The first-order valence-corrected chi connectivity index (χ1v) is 11.2. The smallest absolute Gasteiger partial charge is 0.191 e. The van der Waals surface area contributed by atoms with Gasteiger partial charge in [0.15, 0.2) is 5.96 Å². The van der Waals surface area contributed by atoms with E-state index in [1.807, 2.05) is 0 Å². The van der Waals surface area contributed by atoms with Gasteiger partial charge in [0, 0.05) is 55.7 Å². The molecule has 0 aromatic heterocycles. The molecule has 5 fully saturated rings. The summed E-state index contributed by atoms with van der Waals surface area (Å²) in [5.74, 6) is 1.77. The molecule has 0 bridgehead atoms. The molecular formula is C21H36N4O. The maximum absolute atomic E-state index is 6.15. The van der Waals surface area contributed by atoms with E-state index in [0.717, 1.165) is 25.2 Å². The second kappa shape index (κ2) is 6.97. The Morgan fingerprint density at radius 1 is 1.08 bits per heavy atom. The number of likely N-dealkylation sites (tertiary alicyclic amines) is 1. The van der Waals surface area contributed by atoms with Gasteiger partial charge in [-0.05, 0) is 51.9 Å². The van der Waals surface area contributed by atoms with Gasteiger partial charge >= 0.3 is 0 Å². The average Bonchev–Trinajstić information content (AvgIpc) is 3.19. The van der Waals surface area contributed by atoms with Crippen LogP contribution in [0.2, 0.25) is 0 Å². The molecule has 3 unspecified atom stereocenters. The highest BCUT2D eigenvalue weighted by Gasteiger charge is 2.65. The van der Waals surface area contributed by atoms with Gasteiger partial charge in [0.05, 0.1) is 6.10 Å². The lowest BCUT2D eigenvalue weighted by Gasteiger charge is -2.57. The largest absolute Gasteiger partial charge is 0.377 e. The fraction of sp³-hybridized carbons (Fsp3) is 0.952. The van der Waals surface area contributed by atoms with Crippen LogP contribution in [0.1, 0.15) is 64.7 Å². The first-order valence-electron chi connectivity index (χ1n) is 11.2. The molecule has 0 amide bonds. The van der Waals surface area contributed by atoms with Crippen molar-refractivity contribution in [2.75, 3.05) is 26.2 Å². The maximum atomic E-state index is 6.15. The fourth-order valence-corrected chi connectivity index (χ4v) is 6.38. The van der Waals surface area contributed by atoms with Crippen LogP contribution in [0.15, 0.2) is 4.99 Å². The zero-order chi connectivity index (χ0) is 17.6. The zero-order valence-corrected chi connectivity index (χ0v) is 16.4. The lowest BCUT2D eigenvalue weighted by molar-refractivity contribution is -0.125. The number of ether oxygens (including phenoxy) is 1. The number of hydrogen-bond acceptors (Lipinski definition) is 3. The van der Waals surface area contributed by atoms with Gasteiger partial charge in [-0.2, -0.15) is 0 Å². The molecule has 146 valence electrons. The minimum absolute atomic E-state index is 0.396. The summed E-state index contributed by atoms with van der Waals surface area (Å²) < 4.78 is 6.15. The van der Waals surface area contributed by atoms with E-state index in [1.54, 1.807) is 0 Å². The number of nitrogens with zero attached hydrogens (tertiary/aromatic N) is 2. The van der Waals surface area contributed by atoms with Crippen LogP contribution in [0.4, 0.5) is 0 Å². The van der Waals surface area contributed by atoms with Crippen molar-refractivity contribution in [1.82, 2.24) is 15.5 Å². The number of aliphatic imine (C=N–C) groups is 1. The summed E-state index contributed by atoms with van der Waals surface area (Å²) in [6.45, 7) is 6.47. The van der Waals surface area contributed by atoms with Crippen molar-refractivity contribution in [1.29, 1.82) is 0 Å². The Balaban J connectivity index is 1.21. The van der Waals surface area contributed by atoms with E-state index in [4.69, 9.17) is 9.73 Å². The van der Waals surface area contributed by atoms with Crippen molar-refractivity contribution < 1.29 is 4.74 Å². The van der Waals surface area contributed by atoms with Gasteiger partial charge in [-0.1, -0.05) is 12.8 Å². The van der Waals surface area contributed by atoms with E-state index < -0.39 is 0 Å². The third-order valence-corrected chi connectivity index (χ3v) is 7.83. The van der Waals surface area contributed by atoms with Crippen molar-refractivity contribution in [2.45, 2.75) is 88.9 Å². The molecule has 2 N–H and O–H groups in total. The van der Waals surface area contributed by atoms with E-state index in [9.17, 15) is 0 Å². The van der Waals surface area contributed by atoms with Gasteiger partial charge in [0.25, 0.3) is 0 Å². The van der Waals surface area contributed by atoms with Gasteiger partial charge in [-0.15, -0.1) is 0 Å². The van der Waals surface area contributed by atoms with Crippen LogP contribution in [-0.2, 0) is 4.74 Å². The Labute approximate surface area is 158 Å². The fourth-order valence-electron chi connectivity index (χ4n) is 6.38. The Bertz CT molecular complexity index is 532. The molecule has 2 saturated heterocycles. The molecule has 3 atom stereocenters. The molecule has 3 saturated carbocycles. The molecule has 5 nitrogen and oxygen atoms in total. The number of piperidine rings is 1. The van der Waals surface area contributed by atoms with Crippen LogP contribution in [0.5, 0.6) is 0 Å². The monoisotopic (exact) mass is 360 g/mol. The van der Waals surface area contributed by atoms with Crippen LogP contribution in [0, 0.1) is 11.3 Å². The molecule has 3 aliphatic carbocycles. The minimum atomic E-state index is 0.396. The second-order valence-corrected chi connectivity index (χ2v) is 9.31.